The van der Waals surface area contributed by atoms with Gasteiger partial charge in [0.05, 0.1) is 4.90 Å². The molecular formula is C20H32N2O2S. The van der Waals surface area contributed by atoms with Crippen molar-refractivity contribution in [3.05, 3.63) is 29.8 Å². The van der Waals surface area contributed by atoms with Crippen LogP contribution >= 0.6 is 0 Å². The van der Waals surface area contributed by atoms with Gasteiger partial charge in [-0.3, -0.25) is 0 Å². The molecule has 0 bridgehead atoms. The molecular weight excluding hydrogens is 332 g/mol. The molecule has 1 heterocycles. The van der Waals surface area contributed by atoms with Crippen molar-refractivity contribution in [3.8, 4) is 0 Å². The van der Waals surface area contributed by atoms with Crippen LogP contribution in [0.5, 0.6) is 0 Å². The van der Waals surface area contributed by atoms with Crippen LogP contribution in [-0.2, 0) is 10.0 Å². The minimum Gasteiger partial charge on any atom is -0.357 e. The lowest BCUT2D eigenvalue weighted by Gasteiger charge is -2.31. The van der Waals surface area contributed by atoms with Gasteiger partial charge >= 0.3 is 0 Å². The van der Waals surface area contributed by atoms with E-state index in [1.54, 1.807) is 12.1 Å². The summed E-state index contributed by atoms with van der Waals surface area (Å²) in [5, 5.41) is 0. The first-order valence-corrected chi connectivity index (χ1v) is 11.0. The summed E-state index contributed by atoms with van der Waals surface area (Å²) in [6.45, 7) is 9.26. The van der Waals surface area contributed by atoms with E-state index < -0.39 is 10.0 Å². The molecule has 0 radical (unpaired) electrons. The van der Waals surface area contributed by atoms with Crippen molar-refractivity contribution in [2.45, 2.75) is 77.2 Å². The molecule has 1 atom stereocenters. The Morgan fingerprint density at radius 3 is 2.48 bits per heavy atom. The van der Waals surface area contributed by atoms with Gasteiger partial charge < -0.3 is 4.90 Å². The standard InChI is InChI=1S/C20H32N2O2S/c1-5-6-9-18-10-7-8-15-22(16(2)3)20(18)21-25(23,24)19-13-11-17(4)12-14-19/h11-14,16,18H,5-10,15H2,1-4H3. The third kappa shape index (κ3) is 5.30. The van der Waals surface area contributed by atoms with Crippen molar-refractivity contribution in [1.29, 1.82) is 0 Å². The van der Waals surface area contributed by atoms with E-state index in [4.69, 9.17) is 0 Å². The molecule has 0 aliphatic carbocycles. The number of nitrogens with zero attached hydrogens (tertiary/aromatic N) is 2. The maximum Gasteiger partial charge on any atom is 0.283 e. The first-order chi connectivity index (χ1) is 11.8. The number of benzene rings is 1. The number of sulfonamides is 1. The average molecular weight is 365 g/mol. The normalized spacial score (nSPS) is 20.9. The van der Waals surface area contributed by atoms with E-state index in [1.807, 2.05) is 19.1 Å². The maximum absolute atomic E-state index is 12.9. The summed E-state index contributed by atoms with van der Waals surface area (Å²) in [5.74, 6) is 1.02. The van der Waals surface area contributed by atoms with E-state index >= 15 is 0 Å². The molecule has 0 aromatic heterocycles. The zero-order valence-electron chi connectivity index (χ0n) is 16.0. The van der Waals surface area contributed by atoms with E-state index in [1.165, 1.54) is 0 Å². The number of rotatable bonds is 6. The fourth-order valence-electron chi connectivity index (χ4n) is 3.41. The highest BCUT2D eigenvalue weighted by Crippen LogP contribution is 2.27. The highest BCUT2D eigenvalue weighted by molar-refractivity contribution is 7.90. The molecule has 1 aromatic rings. The van der Waals surface area contributed by atoms with Gasteiger partial charge in [0, 0.05) is 18.5 Å². The molecule has 1 fully saturated rings. The van der Waals surface area contributed by atoms with Crippen LogP contribution in [0.3, 0.4) is 0 Å². The van der Waals surface area contributed by atoms with Crippen LogP contribution < -0.4 is 0 Å². The zero-order valence-corrected chi connectivity index (χ0v) is 16.8. The predicted octanol–water partition coefficient (Wildman–Crippen LogP) is 4.78. The van der Waals surface area contributed by atoms with Crippen molar-refractivity contribution in [2.24, 2.45) is 10.3 Å². The number of unbranched alkanes of at least 4 members (excludes halogenated alkanes) is 1. The monoisotopic (exact) mass is 364 g/mol. The fourth-order valence-corrected chi connectivity index (χ4v) is 4.50. The molecule has 4 nitrogen and oxygen atoms in total. The molecule has 25 heavy (non-hydrogen) atoms. The van der Waals surface area contributed by atoms with Gasteiger partial charge in [0.15, 0.2) is 0 Å². The van der Waals surface area contributed by atoms with Crippen LogP contribution in [0.15, 0.2) is 33.6 Å². The maximum atomic E-state index is 12.9. The molecule has 1 aromatic carbocycles. The largest absolute Gasteiger partial charge is 0.357 e. The summed E-state index contributed by atoms with van der Waals surface area (Å²) in [4.78, 5) is 2.49. The van der Waals surface area contributed by atoms with E-state index in [0.717, 1.165) is 56.5 Å². The molecule has 0 saturated carbocycles. The van der Waals surface area contributed by atoms with Gasteiger partial charge in [0.25, 0.3) is 10.0 Å². The van der Waals surface area contributed by atoms with Gasteiger partial charge in [-0.05, 0) is 52.2 Å². The zero-order chi connectivity index (χ0) is 18.4. The minimum absolute atomic E-state index is 0.241. The van der Waals surface area contributed by atoms with Crippen molar-refractivity contribution in [2.75, 3.05) is 6.54 Å². The molecule has 1 unspecified atom stereocenters. The lowest BCUT2D eigenvalue weighted by molar-refractivity contribution is 0.340. The number of amidine groups is 1. The highest BCUT2D eigenvalue weighted by Gasteiger charge is 2.28. The van der Waals surface area contributed by atoms with Crippen LogP contribution in [0.1, 0.15) is 64.9 Å². The summed E-state index contributed by atoms with van der Waals surface area (Å²) in [6.07, 6.45) is 6.52. The molecule has 2 rings (SSSR count). The van der Waals surface area contributed by atoms with Crippen LogP contribution in [0.4, 0.5) is 0 Å². The Balaban J connectivity index is 2.44. The SMILES string of the molecule is CCCCC1CCCCN(C(C)C)C1=NS(=O)(=O)c1ccc(C)cc1. The van der Waals surface area contributed by atoms with Crippen molar-refractivity contribution in [1.82, 2.24) is 4.90 Å². The quantitative estimate of drug-likeness (QED) is 0.729. The summed E-state index contributed by atoms with van der Waals surface area (Å²) in [6, 6.07) is 7.23. The Morgan fingerprint density at radius 1 is 1.20 bits per heavy atom. The molecule has 5 heteroatoms. The van der Waals surface area contributed by atoms with Crippen LogP contribution in [-0.4, -0.2) is 31.7 Å². The average Bonchev–Trinajstić information content (AvgIpc) is 2.75. The Hall–Kier alpha value is -1.36. The predicted molar refractivity (Wildman–Crippen MR) is 105 cm³/mol. The van der Waals surface area contributed by atoms with Crippen molar-refractivity contribution in [3.63, 3.8) is 0 Å². The molecule has 0 N–H and O–H groups in total. The molecule has 1 aliphatic rings. The third-order valence-corrected chi connectivity index (χ3v) is 6.22. The van der Waals surface area contributed by atoms with E-state index in [9.17, 15) is 8.42 Å². The van der Waals surface area contributed by atoms with Gasteiger partial charge in [-0.25, -0.2) is 0 Å². The van der Waals surface area contributed by atoms with E-state index in [0.29, 0.717) is 0 Å². The third-order valence-electron chi connectivity index (χ3n) is 4.92. The Labute approximate surface area is 153 Å². The Bertz CT molecular complexity index is 678. The number of hydrogen-bond acceptors (Lipinski definition) is 2. The molecule has 0 spiro atoms. The van der Waals surface area contributed by atoms with Gasteiger partial charge in [0.2, 0.25) is 0 Å². The van der Waals surface area contributed by atoms with E-state index in [-0.39, 0.29) is 16.9 Å². The Morgan fingerprint density at radius 2 is 1.88 bits per heavy atom. The second-order valence-corrected chi connectivity index (χ2v) is 8.96. The van der Waals surface area contributed by atoms with Crippen LogP contribution in [0.2, 0.25) is 0 Å². The topological polar surface area (TPSA) is 49.7 Å². The van der Waals surface area contributed by atoms with E-state index in [2.05, 4.69) is 30.1 Å². The van der Waals surface area contributed by atoms with Crippen LogP contribution in [0.25, 0.3) is 0 Å². The molecule has 0 amide bonds. The van der Waals surface area contributed by atoms with Crippen LogP contribution in [0, 0.1) is 12.8 Å². The second-order valence-electron chi connectivity index (χ2n) is 7.36. The summed E-state index contributed by atoms with van der Waals surface area (Å²) in [7, 11) is -3.67. The van der Waals surface area contributed by atoms with Gasteiger partial charge in [-0.1, -0.05) is 43.9 Å². The lowest BCUT2D eigenvalue weighted by Crippen LogP contribution is -2.40. The first kappa shape index (κ1) is 20.0. The highest BCUT2D eigenvalue weighted by atomic mass is 32.2. The number of hydrogen-bond donors (Lipinski definition) is 0. The Kier molecular flexibility index (Phi) is 7.05. The second kappa shape index (κ2) is 8.84. The number of aryl methyl sites for hydroxylation is 1. The van der Waals surface area contributed by atoms with Gasteiger partial charge in [-0.15, -0.1) is 4.40 Å². The van der Waals surface area contributed by atoms with Gasteiger partial charge in [0.1, 0.15) is 5.84 Å². The molecule has 1 aliphatic heterocycles. The molecule has 1 saturated heterocycles. The minimum atomic E-state index is -3.67. The number of likely N-dealkylation sites (tertiary alicyclic amines) is 1. The fraction of sp³-hybridized carbons (Fsp3) is 0.650. The van der Waals surface area contributed by atoms with Crippen molar-refractivity contribution >= 4 is 15.9 Å². The smallest absolute Gasteiger partial charge is 0.283 e. The summed E-state index contributed by atoms with van der Waals surface area (Å²) >= 11 is 0. The first-order valence-electron chi connectivity index (χ1n) is 9.53. The molecule has 140 valence electrons. The summed E-state index contributed by atoms with van der Waals surface area (Å²) in [5.41, 5.74) is 1.05. The lowest BCUT2D eigenvalue weighted by atomic mass is 9.95. The van der Waals surface area contributed by atoms with Crippen molar-refractivity contribution < 1.29 is 8.42 Å². The summed E-state index contributed by atoms with van der Waals surface area (Å²) < 4.78 is 30.2. The van der Waals surface area contributed by atoms with Gasteiger partial charge in [-0.2, -0.15) is 8.42 Å².